The first kappa shape index (κ1) is 14.4. The van der Waals surface area contributed by atoms with Gasteiger partial charge < -0.3 is 10.4 Å². The molecule has 0 amide bonds. The Morgan fingerprint density at radius 2 is 2.19 bits per heavy atom. The zero-order chi connectivity index (χ0) is 15.4. The molecule has 1 aromatic carbocycles. The molecule has 0 spiro atoms. The zero-order valence-corrected chi connectivity index (χ0v) is 11.2. The number of aromatic nitrogens is 1. The van der Waals surface area contributed by atoms with E-state index >= 15 is 0 Å². The molecule has 1 aromatic heterocycles. The summed E-state index contributed by atoms with van der Waals surface area (Å²) in [5.41, 5.74) is 1.20. The van der Waals surface area contributed by atoms with Gasteiger partial charge in [0.05, 0.1) is 22.7 Å². The van der Waals surface area contributed by atoms with Crippen LogP contribution in [0.25, 0.3) is 0 Å². The van der Waals surface area contributed by atoms with Crippen LogP contribution in [0, 0.1) is 17.0 Å². The fourth-order valence-corrected chi connectivity index (χ4v) is 1.88. The Morgan fingerprint density at radius 3 is 2.76 bits per heavy atom. The van der Waals surface area contributed by atoms with Crippen molar-refractivity contribution in [2.75, 3.05) is 5.32 Å². The molecular weight excluding hydrogens is 274 g/mol. The van der Waals surface area contributed by atoms with E-state index in [1.54, 1.807) is 25.3 Å². The maximum absolute atomic E-state index is 11.1. The summed E-state index contributed by atoms with van der Waals surface area (Å²) in [6.07, 6.45) is 1.64. The summed E-state index contributed by atoms with van der Waals surface area (Å²) < 4.78 is 0. The molecule has 21 heavy (non-hydrogen) atoms. The van der Waals surface area contributed by atoms with E-state index in [2.05, 4.69) is 10.3 Å². The molecule has 108 valence electrons. The quantitative estimate of drug-likeness (QED) is 0.646. The van der Waals surface area contributed by atoms with Crippen LogP contribution >= 0.6 is 0 Å². The summed E-state index contributed by atoms with van der Waals surface area (Å²) in [5.74, 6) is -1.21. The minimum Gasteiger partial charge on any atom is -0.478 e. The van der Waals surface area contributed by atoms with Gasteiger partial charge in [-0.15, -0.1) is 0 Å². The molecule has 7 heteroatoms. The number of nitro groups is 1. The van der Waals surface area contributed by atoms with Gasteiger partial charge in [-0.25, -0.2) is 4.79 Å². The number of nitrogens with one attached hydrogen (secondary N) is 1. The van der Waals surface area contributed by atoms with Gasteiger partial charge in [-0.3, -0.25) is 15.1 Å². The number of rotatable bonds is 5. The first-order valence-electron chi connectivity index (χ1n) is 6.15. The Labute approximate surface area is 120 Å². The number of nitrogens with zero attached hydrogens (tertiary/aromatic N) is 2. The number of carboxylic acid groups (broad SMARTS) is 1. The van der Waals surface area contributed by atoms with E-state index in [9.17, 15) is 14.9 Å². The molecule has 0 unspecified atom stereocenters. The lowest BCUT2D eigenvalue weighted by Gasteiger charge is -2.10. The molecule has 0 radical (unpaired) electrons. The first-order chi connectivity index (χ1) is 9.99. The summed E-state index contributed by atoms with van der Waals surface area (Å²) in [6, 6.07) is 7.85. The first-order valence-corrected chi connectivity index (χ1v) is 6.15. The van der Waals surface area contributed by atoms with Gasteiger partial charge in [0.25, 0.3) is 5.69 Å². The van der Waals surface area contributed by atoms with Crippen LogP contribution in [0.5, 0.6) is 0 Å². The fourth-order valence-electron chi connectivity index (χ4n) is 1.88. The molecule has 2 rings (SSSR count). The van der Waals surface area contributed by atoms with Crippen molar-refractivity contribution in [3.8, 4) is 0 Å². The lowest BCUT2D eigenvalue weighted by atomic mass is 10.1. The van der Waals surface area contributed by atoms with Crippen LogP contribution in [0.1, 0.15) is 21.6 Å². The smallest absolute Gasteiger partial charge is 0.336 e. The number of pyridine rings is 1. The van der Waals surface area contributed by atoms with Gasteiger partial charge in [-0.1, -0.05) is 6.07 Å². The second-order valence-electron chi connectivity index (χ2n) is 4.40. The highest BCUT2D eigenvalue weighted by Gasteiger charge is 2.18. The zero-order valence-electron chi connectivity index (χ0n) is 11.2. The Hall–Kier alpha value is -2.96. The topological polar surface area (TPSA) is 105 Å². The highest BCUT2D eigenvalue weighted by atomic mass is 16.6. The van der Waals surface area contributed by atoms with Crippen molar-refractivity contribution in [1.82, 2.24) is 4.98 Å². The van der Waals surface area contributed by atoms with Gasteiger partial charge in [0, 0.05) is 23.5 Å². The van der Waals surface area contributed by atoms with Gasteiger partial charge in [-0.05, 0) is 25.1 Å². The summed E-state index contributed by atoms with van der Waals surface area (Å²) in [5, 5.41) is 23.0. The predicted molar refractivity (Wildman–Crippen MR) is 76.4 cm³/mol. The van der Waals surface area contributed by atoms with E-state index in [1.165, 1.54) is 6.07 Å². The molecule has 2 aromatic rings. The summed E-state index contributed by atoms with van der Waals surface area (Å²) in [7, 11) is 0. The number of carbonyl (C=O) groups is 1. The molecule has 0 aliphatic heterocycles. The molecule has 0 atom stereocenters. The number of carboxylic acids is 1. The van der Waals surface area contributed by atoms with Crippen LogP contribution in [0.4, 0.5) is 11.4 Å². The number of hydrogen-bond acceptors (Lipinski definition) is 5. The standard InChI is InChI=1S/C14H13N3O4/c1-9-12(16-8-11-4-2-3-5-15-11)6-10(14(18)19)7-13(9)17(20)21/h2-7,16H,8H2,1H3,(H,18,19). The normalized spacial score (nSPS) is 10.1. The monoisotopic (exact) mass is 287 g/mol. The third kappa shape index (κ3) is 3.33. The third-order valence-electron chi connectivity index (χ3n) is 3.01. The molecule has 0 saturated carbocycles. The minimum atomic E-state index is -1.21. The van der Waals surface area contributed by atoms with Gasteiger partial charge in [0.15, 0.2) is 0 Å². The Balaban J connectivity index is 2.33. The molecule has 0 bridgehead atoms. The molecular formula is C14H13N3O4. The molecule has 0 saturated heterocycles. The van der Waals surface area contributed by atoms with Crippen molar-refractivity contribution >= 4 is 17.3 Å². The second kappa shape index (κ2) is 6.00. The highest BCUT2D eigenvalue weighted by molar-refractivity contribution is 5.90. The van der Waals surface area contributed by atoms with Crippen LogP contribution in [0.2, 0.25) is 0 Å². The lowest BCUT2D eigenvalue weighted by Crippen LogP contribution is -2.07. The molecule has 7 nitrogen and oxygen atoms in total. The molecule has 1 heterocycles. The predicted octanol–water partition coefficient (Wildman–Crippen LogP) is 2.61. The van der Waals surface area contributed by atoms with Gasteiger partial charge in [0.1, 0.15) is 0 Å². The summed E-state index contributed by atoms with van der Waals surface area (Å²) >= 11 is 0. The van der Waals surface area contributed by atoms with Crippen LogP contribution in [-0.2, 0) is 6.54 Å². The second-order valence-corrected chi connectivity index (χ2v) is 4.40. The van der Waals surface area contributed by atoms with E-state index in [4.69, 9.17) is 5.11 Å². The number of anilines is 1. The molecule has 0 fully saturated rings. The van der Waals surface area contributed by atoms with E-state index in [0.717, 1.165) is 11.8 Å². The van der Waals surface area contributed by atoms with Crippen LogP contribution in [-0.4, -0.2) is 21.0 Å². The Kier molecular flexibility index (Phi) is 4.13. The maximum Gasteiger partial charge on any atom is 0.336 e. The van der Waals surface area contributed by atoms with Crippen molar-refractivity contribution in [1.29, 1.82) is 0 Å². The number of benzene rings is 1. The summed E-state index contributed by atoms with van der Waals surface area (Å²) in [4.78, 5) is 25.6. The van der Waals surface area contributed by atoms with E-state index in [1.807, 2.05) is 6.07 Å². The number of hydrogen-bond donors (Lipinski definition) is 2. The van der Waals surface area contributed by atoms with Crippen molar-refractivity contribution in [3.63, 3.8) is 0 Å². The Bertz CT molecular complexity index is 686. The van der Waals surface area contributed by atoms with Crippen molar-refractivity contribution in [2.24, 2.45) is 0 Å². The van der Waals surface area contributed by atoms with Gasteiger partial charge in [0.2, 0.25) is 0 Å². The van der Waals surface area contributed by atoms with Crippen molar-refractivity contribution in [3.05, 3.63) is 63.5 Å². The lowest BCUT2D eigenvalue weighted by molar-refractivity contribution is -0.385. The Morgan fingerprint density at radius 1 is 1.43 bits per heavy atom. The van der Waals surface area contributed by atoms with E-state index in [0.29, 0.717) is 17.8 Å². The minimum absolute atomic E-state index is 0.129. The van der Waals surface area contributed by atoms with E-state index < -0.39 is 10.9 Å². The van der Waals surface area contributed by atoms with Gasteiger partial charge in [-0.2, -0.15) is 0 Å². The average molecular weight is 287 g/mol. The largest absolute Gasteiger partial charge is 0.478 e. The molecule has 2 N–H and O–H groups in total. The maximum atomic E-state index is 11.1. The van der Waals surface area contributed by atoms with Crippen molar-refractivity contribution in [2.45, 2.75) is 13.5 Å². The number of aromatic carboxylic acids is 1. The summed E-state index contributed by atoms with van der Waals surface area (Å²) in [6.45, 7) is 1.92. The SMILES string of the molecule is Cc1c(NCc2ccccn2)cc(C(=O)O)cc1[N+](=O)[O-]. The number of nitro benzene ring substituents is 1. The molecule has 0 aliphatic carbocycles. The van der Waals surface area contributed by atoms with Crippen LogP contribution < -0.4 is 5.32 Å². The van der Waals surface area contributed by atoms with Gasteiger partial charge >= 0.3 is 5.97 Å². The van der Waals surface area contributed by atoms with Crippen LogP contribution in [0.15, 0.2) is 36.5 Å². The van der Waals surface area contributed by atoms with Crippen molar-refractivity contribution < 1.29 is 14.8 Å². The van der Waals surface area contributed by atoms with E-state index in [-0.39, 0.29) is 11.3 Å². The molecule has 0 aliphatic rings. The average Bonchev–Trinajstić information content (AvgIpc) is 2.46. The van der Waals surface area contributed by atoms with Crippen LogP contribution in [0.3, 0.4) is 0 Å². The fraction of sp³-hybridized carbons (Fsp3) is 0.143. The third-order valence-corrected chi connectivity index (χ3v) is 3.01. The highest BCUT2D eigenvalue weighted by Crippen LogP contribution is 2.28.